The first-order valence-electron chi connectivity index (χ1n) is 13.3. The topological polar surface area (TPSA) is 88.1 Å². The second kappa shape index (κ2) is 9.53. The Morgan fingerprint density at radius 3 is 2.79 bits per heavy atom. The Bertz CT molecular complexity index is 1570. The number of hydrogen-bond donors (Lipinski definition) is 3. The summed E-state index contributed by atoms with van der Waals surface area (Å²) in [6, 6.07) is 18.6. The fourth-order valence-corrected chi connectivity index (χ4v) is 7.13. The lowest BCUT2D eigenvalue weighted by Crippen LogP contribution is -2.36. The van der Waals surface area contributed by atoms with E-state index in [1.807, 2.05) is 18.2 Å². The Kier molecular flexibility index (Phi) is 5.86. The zero-order chi connectivity index (χ0) is 25.6. The Hall–Kier alpha value is -3.75. The standard InChI is InChI=1S/C30H29N5O2S/c36-29(33-16-23-12-21-14-31-17-27(21)38-23)26-11-9-22-15-32-28(30(37)35(22)26)34-25-10-8-19-6-7-20(13-24(19)25)18-4-2-1-3-5-18/h1-7,12-13,15,25-26,31H,8-11,14,16-17H2,(H,32,34)(H,33,36)/t25-,26-/m0/s1. The second-order valence-corrected chi connectivity index (χ2v) is 11.5. The number of anilines is 1. The fourth-order valence-electron chi connectivity index (χ4n) is 6.03. The van der Waals surface area contributed by atoms with Crippen LogP contribution in [0, 0.1) is 0 Å². The molecule has 7 nitrogen and oxygen atoms in total. The highest BCUT2D eigenvalue weighted by Gasteiger charge is 2.32. The van der Waals surface area contributed by atoms with Crippen molar-refractivity contribution in [1.29, 1.82) is 0 Å². The van der Waals surface area contributed by atoms with Crippen molar-refractivity contribution in [3.05, 3.63) is 103 Å². The summed E-state index contributed by atoms with van der Waals surface area (Å²) in [6.07, 6.45) is 4.91. The number of rotatable bonds is 6. The number of amides is 1. The van der Waals surface area contributed by atoms with Gasteiger partial charge in [-0.2, -0.15) is 0 Å². The Morgan fingerprint density at radius 1 is 1.03 bits per heavy atom. The quantitative estimate of drug-likeness (QED) is 0.347. The average molecular weight is 524 g/mol. The van der Waals surface area contributed by atoms with Crippen LogP contribution in [0.4, 0.5) is 5.82 Å². The van der Waals surface area contributed by atoms with E-state index in [0.717, 1.165) is 36.5 Å². The Labute approximate surface area is 224 Å². The molecule has 0 bridgehead atoms. The van der Waals surface area contributed by atoms with E-state index in [-0.39, 0.29) is 17.5 Å². The van der Waals surface area contributed by atoms with Crippen molar-refractivity contribution in [3.63, 3.8) is 0 Å². The van der Waals surface area contributed by atoms with Gasteiger partial charge in [0.1, 0.15) is 6.04 Å². The predicted molar refractivity (Wildman–Crippen MR) is 149 cm³/mol. The van der Waals surface area contributed by atoms with E-state index in [0.29, 0.717) is 25.2 Å². The molecule has 2 aromatic heterocycles. The van der Waals surface area contributed by atoms with E-state index in [1.54, 1.807) is 22.1 Å². The molecule has 0 saturated carbocycles. The monoisotopic (exact) mass is 523 g/mol. The van der Waals surface area contributed by atoms with Gasteiger partial charge in [0, 0.05) is 34.7 Å². The molecule has 0 unspecified atom stereocenters. The summed E-state index contributed by atoms with van der Waals surface area (Å²) in [5, 5.41) is 9.85. The van der Waals surface area contributed by atoms with Gasteiger partial charge in [-0.05, 0) is 65.6 Å². The minimum absolute atomic E-state index is 0.0106. The van der Waals surface area contributed by atoms with E-state index in [2.05, 4.69) is 57.3 Å². The van der Waals surface area contributed by atoms with Gasteiger partial charge in [-0.3, -0.25) is 14.2 Å². The lowest BCUT2D eigenvalue weighted by molar-refractivity contribution is -0.124. The maximum atomic E-state index is 13.6. The summed E-state index contributed by atoms with van der Waals surface area (Å²) in [6.45, 7) is 2.30. The smallest absolute Gasteiger partial charge is 0.294 e. The van der Waals surface area contributed by atoms with Crippen molar-refractivity contribution < 1.29 is 4.79 Å². The van der Waals surface area contributed by atoms with Crippen molar-refractivity contribution in [2.45, 2.75) is 57.4 Å². The number of fused-ring (bicyclic) bond motifs is 3. The summed E-state index contributed by atoms with van der Waals surface area (Å²) in [4.78, 5) is 33.8. The minimum atomic E-state index is -0.505. The zero-order valence-corrected chi connectivity index (χ0v) is 21.8. The molecule has 1 aliphatic carbocycles. The van der Waals surface area contributed by atoms with Gasteiger partial charge >= 0.3 is 0 Å². The SMILES string of the molecule is O=C(NCc1cc2c(s1)CNC2)[C@@H]1CCc2cnc(N[C@H]3CCc4ccc(-c5ccccc5)cc43)c(=O)n21. The zero-order valence-electron chi connectivity index (χ0n) is 21.0. The third kappa shape index (κ3) is 4.14. The van der Waals surface area contributed by atoms with E-state index >= 15 is 0 Å². The Balaban J connectivity index is 1.10. The van der Waals surface area contributed by atoms with Crippen molar-refractivity contribution >= 4 is 23.1 Å². The van der Waals surface area contributed by atoms with Crippen LogP contribution in [0.25, 0.3) is 11.1 Å². The fraction of sp³-hybridized carbons (Fsp3) is 0.300. The largest absolute Gasteiger partial charge is 0.359 e. The van der Waals surface area contributed by atoms with E-state index in [1.165, 1.54) is 32.7 Å². The summed E-state index contributed by atoms with van der Waals surface area (Å²) >= 11 is 1.74. The van der Waals surface area contributed by atoms with Crippen LogP contribution in [0.1, 0.15) is 57.1 Å². The number of benzene rings is 2. The van der Waals surface area contributed by atoms with Crippen LogP contribution in [-0.4, -0.2) is 15.5 Å². The number of thiophene rings is 1. The number of nitrogens with zero attached hydrogens (tertiary/aromatic N) is 2. The number of aryl methyl sites for hydroxylation is 2. The lowest BCUT2D eigenvalue weighted by Gasteiger charge is -2.18. The van der Waals surface area contributed by atoms with Gasteiger partial charge in [0.15, 0.2) is 5.82 Å². The molecule has 7 rings (SSSR count). The van der Waals surface area contributed by atoms with Gasteiger partial charge in [-0.1, -0.05) is 42.5 Å². The number of carbonyl (C=O) groups is 1. The lowest BCUT2D eigenvalue weighted by atomic mass is 9.99. The number of nitrogens with one attached hydrogen (secondary N) is 3. The summed E-state index contributed by atoms with van der Waals surface area (Å²) < 4.78 is 1.65. The van der Waals surface area contributed by atoms with Gasteiger partial charge in [0.25, 0.3) is 5.56 Å². The molecule has 0 fully saturated rings. The first-order chi connectivity index (χ1) is 18.6. The minimum Gasteiger partial charge on any atom is -0.359 e. The summed E-state index contributed by atoms with van der Waals surface area (Å²) in [5.74, 6) is 0.215. The van der Waals surface area contributed by atoms with Crippen LogP contribution in [0.15, 0.2) is 65.6 Å². The molecule has 8 heteroatoms. The molecule has 2 atom stereocenters. The van der Waals surface area contributed by atoms with Crippen LogP contribution in [-0.2, 0) is 37.3 Å². The number of aromatic nitrogens is 2. The number of carbonyl (C=O) groups excluding carboxylic acids is 1. The van der Waals surface area contributed by atoms with Gasteiger partial charge in [0.05, 0.1) is 12.6 Å². The van der Waals surface area contributed by atoms with Crippen LogP contribution >= 0.6 is 11.3 Å². The molecule has 4 aromatic rings. The van der Waals surface area contributed by atoms with E-state index in [9.17, 15) is 9.59 Å². The summed E-state index contributed by atoms with van der Waals surface area (Å²) in [5.41, 5.74) is 6.79. The molecule has 1 amide bonds. The van der Waals surface area contributed by atoms with Crippen LogP contribution in [0.2, 0.25) is 0 Å². The first-order valence-corrected chi connectivity index (χ1v) is 14.1. The first kappa shape index (κ1) is 23.4. The van der Waals surface area contributed by atoms with Gasteiger partial charge < -0.3 is 16.0 Å². The molecule has 0 spiro atoms. The van der Waals surface area contributed by atoms with Crippen molar-refractivity contribution in [3.8, 4) is 11.1 Å². The van der Waals surface area contributed by atoms with Crippen LogP contribution in [0.5, 0.6) is 0 Å². The molecule has 38 heavy (non-hydrogen) atoms. The molecular weight excluding hydrogens is 494 g/mol. The van der Waals surface area contributed by atoms with E-state index < -0.39 is 6.04 Å². The van der Waals surface area contributed by atoms with Crippen molar-refractivity contribution in [2.24, 2.45) is 0 Å². The van der Waals surface area contributed by atoms with E-state index in [4.69, 9.17) is 0 Å². The van der Waals surface area contributed by atoms with Crippen LogP contribution in [0.3, 0.4) is 0 Å². The third-order valence-electron chi connectivity index (χ3n) is 7.99. The Morgan fingerprint density at radius 2 is 1.92 bits per heavy atom. The molecule has 2 aromatic carbocycles. The molecule has 192 valence electrons. The molecule has 4 heterocycles. The molecule has 0 radical (unpaired) electrons. The third-order valence-corrected chi connectivity index (χ3v) is 9.17. The van der Waals surface area contributed by atoms with Crippen molar-refractivity contribution in [2.75, 3.05) is 5.32 Å². The molecule has 0 saturated heterocycles. The predicted octanol–water partition coefficient (Wildman–Crippen LogP) is 4.48. The molecule has 2 aliphatic heterocycles. The number of hydrogen-bond acceptors (Lipinski definition) is 6. The van der Waals surface area contributed by atoms with Crippen molar-refractivity contribution in [1.82, 2.24) is 20.2 Å². The normalized spacial score (nSPS) is 19.2. The molecular formula is C30H29N5O2S. The van der Waals surface area contributed by atoms with Gasteiger partial charge in [-0.25, -0.2) is 4.98 Å². The molecule has 3 aliphatic rings. The van der Waals surface area contributed by atoms with Gasteiger partial charge in [0.2, 0.25) is 5.91 Å². The molecule has 3 N–H and O–H groups in total. The highest BCUT2D eigenvalue weighted by Crippen LogP contribution is 2.36. The maximum Gasteiger partial charge on any atom is 0.294 e. The van der Waals surface area contributed by atoms with Crippen LogP contribution < -0.4 is 21.5 Å². The van der Waals surface area contributed by atoms with Gasteiger partial charge in [-0.15, -0.1) is 11.3 Å². The average Bonchev–Trinajstić information content (AvgIpc) is 3.73. The second-order valence-electron chi connectivity index (χ2n) is 10.3. The highest BCUT2D eigenvalue weighted by molar-refractivity contribution is 7.12. The maximum absolute atomic E-state index is 13.6. The highest BCUT2D eigenvalue weighted by atomic mass is 32.1. The summed E-state index contributed by atoms with van der Waals surface area (Å²) in [7, 11) is 0.